The molecule has 0 saturated heterocycles. The number of para-hydroxylation sites is 1. The van der Waals surface area contributed by atoms with E-state index in [0.717, 1.165) is 0 Å². The third-order valence-electron chi connectivity index (χ3n) is 5.76. The van der Waals surface area contributed by atoms with Crippen molar-refractivity contribution in [2.45, 2.75) is 73.3 Å². The number of rotatable bonds is 8. The summed E-state index contributed by atoms with van der Waals surface area (Å²) in [5.41, 5.74) is 5.49. The zero-order valence-corrected chi connectivity index (χ0v) is 19.1. The molecule has 2 unspecified atom stereocenters. The van der Waals surface area contributed by atoms with Crippen LogP contribution >= 0.6 is 0 Å². The first-order valence-electron chi connectivity index (χ1n) is 10.9. The predicted molar refractivity (Wildman–Crippen MR) is 125 cm³/mol. The number of nitrogens with one attached hydrogen (secondary N) is 2. The lowest BCUT2D eigenvalue weighted by Gasteiger charge is -2.34. The summed E-state index contributed by atoms with van der Waals surface area (Å²) in [6.07, 6.45) is 11.0. The Bertz CT molecular complexity index is 694. The summed E-state index contributed by atoms with van der Waals surface area (Å²) in [4.78, 5) is 0. The lowest BCUT2D eigenvalue weighted by atomic mass is 9.78. The molecule has 2 N–H and O–H groups in total. The Morgan fingerprint density at radius 2 is 1.43 bits per heavy atom. The van der Waals surface area contributed by atoms with Crippen LogP contribution in [0.25, 0.3) is 0 Å². The Labute approximate surface area is 173 Å². The van der Waals surface area contributed by atoms with Gasteiger partial charge in [0, 0.05) is 24.0 Å². The lowest BCUT2D eigenvalue weighted by molar-refractivity contribution is 0.368. The van der Waals surface area contributed by atoms with Crippen LogP contribution in [0.3, 0.4) is 0 Å². The Morgan fingerprint density at radius 3 is 1.93 bits per heavy atom. The van der Waals surface area contributed by atoms with Crippen molar-refractivity contribution in [1.29, 1.82) is 0 Å². The first kappa shape index (κ1) is 22.3. The van der Waals surface area contributed by atoms with Crippen molar-refractivity contribution in [1.82, 2.24) is 5.32 Å². The van der Waals surface area contributed by atoms with Crippen molar-refractivity contribution >= 4 is 5.69 Å². The van der Waals surface area contributed by atoms with Gasteiger partial charge in [0.25, 0.3) is 0 Å². The second-order valence-electron chi connectivity index (χ2n) is 9.27. The predicted octanol–water partition coefficient (Wildman–Crippen LogP) is 7.20. The molecular formula is C26H40N2. The number of anilines is 1. The zero-order chi connectivity index (χ0) is 20.8. The summed E-state index contributed by atoms with van der Waals surface area (Å²) in [5.74, 6) is 2.64. The normalized spacial score (nSPS) is 19.9. The molecule has 0 fully saturated rings. The highest BCUT2D eigenvalue weighted by molar-refractivity contribution is 5.61. The molecule has 1 aromatic carbocycles. The fourth-order valence-corrected chi connectivity index (χ4v) is 4.09. The average Bonchev–Trinajstić information content (AvgIpc) is 2.64. The summed E-state index contributed by atoms with van der Waals surface area (Å²) < 4.78 is 0. The van der Waals surface area contributed by atoms with Crippen LogP contribution in [-0.4, -0.2) is 6.04 Å². The van der Waals surface area contributed by atoms with Gasteiger partial charge in [-0.2, -0.15) is 0 Å². The fraction of sp³-hybridized carbons (Fsp3) is 0.538. The van der Waals surface area contributed by atoms with Crippen molar-refractivity contribution in [3.05, 3.63) is 65.5 Å². The van der Waals surface area contributed by atoms with E-state index in [4.69, 9.17) is 0 Å². The van der Waals surface area contributed by atoms with Crippen LogP contribution in [0.2, 0.25) is 0 Å². The van der Waals surface area contributed by atoms with Crippen molar-refractivity contribution in [2.75, 3.05) is 5.32 Å². The minimum atomic E-state index is 0.355. The second kappa shape index (κ2) is 10.0. The SMILES string of the molecule is CC(C)C1=CC=CC(C(C)C)C1N/C=C\Nc1c(C(C)C)cccc1C(C)C. The molecule has 28 heavy (non-hydrogen) atoms. The van der Waals surface area contributed by atoms with Crippen molar-refractivity contribution in [3.63, 3.8) is 0 Å². The number of hydrogen-bond donors (Lipinski definition) is 2. The van der Waals surface area contributed by atoms with Gasteiger partial charge in [-0.1, -0.05) is 91.8 Å². The van der Waals surface area contributed by atoms with Crippen LogP contribution in [-0.2, 0) is 0 Å². The van der Waals surface area contributed by atoms with Gasteiger partial charge < -0.3 is 10.6 Å². The molecular weight excluding hydrogens is 340 g/mol. The largest absolute Gasteiger partial charge is 0.383 e. The summed E-state index contributed by atoms with van der Waals surface area (Å²) in [6, 6.07) is 7.01. The Hall–Kier alpha value is -1.96. The maximum absolute atomic E-state index is 3.69. The Morgan fingerprint density at radius 1 is 0.821 bits per heavy atom. The summed E-state index contributed by atoms with van der Waals surface area (Å²) in [7, 11) is 0. The summed E-state index contributed by atoms with van der Waals surface area (Å²) in [5, 5.41) is 7.28. The molecule has 0 aliphatic heterocycles. The van der Waals surface area contributed by atoms with Crippen molar-refractivity contribution in [3.8, 4) is 0 Å². The third kappa shape index (κ3) is 5.31. The molecule has 0 aromatic heterocycles. The molecule has 0 amide bonds. The van der Waals surface area contributed by atoms with Gasteiger partial charge in [-0.05, 0) is 40.4 Å². The summed E-state index contributed by atoms with van der Waals surface area (Å²) >= 11 is 0. The van der Waals surface area contributed by atoms with Crippen LogP contribution in [0.5, 0.6) is 0 Å². The third-order valence-corrected chi connectivity index (χ3v) is 5.76. The van der Waals surface area contributed by atoms with Crippen molar-refractivity contribution < 1.29 is 0 Å². The molecule has 2 nitrogen and oxygen atoms in total. The van der Waals surface area contributed by atoms with Gasteiger partial charge in [-0.25, -0.2) is 0 Å². The van der Waals surface area contributed by atoms with Crippen LogP contribution in [0, 0.1) is 17.8 Å². The Kier molecular flexibility index (Phi) is 7.98. The van der Waals surface area contributed by atoms with E-state index in [1.165, 1.54) is 22.4 Å². The molecule has 0 saturated carbocycles. The molecule has 0 heterocycles. The van der Waals surface area contributed by atoms with E-state index in [1.807, 2.05) is 0 Å². The Balaban J connectivity index is 2.19. The highest BCUT2D eigenvalue weighted by atomic mass is 14.9. The van der Waals surface area contributed by atoms with E-state index >= 15 is 0 Å². The monoisotopic (exact) mass is 380 g/mol. The number of allylic oxidation sites excluding steroid dienone is 2. The molecule has 154 valence electrons. The summed E-state index contributed by atoms with van der Waals surface area (Å²) in [6.45, 7) is 18.2. The van der Waals surface area contributed by atoms with Crippen LogP contribution in [0.15, 0.2) is 54.4 Å². The van der Waals surface area contributed by atoms with Gasteiger partial charge in [0.2, 0.25) is 0 Å². The van der Waals surface area contributed by atoms with Gasteiger partial charge in [-0.15, -0.1) is 0 Å². The van der Waals surface area contributed by atoms with E-state index in [-0.39, 0.29) is 0 Å². The van der Waals surface area contributed by atoms with Crippen LogP contribution < -0.4 is 10.6 Å². The van der Waals surface area contributed by atoms with E-state index in [2.05, 4.69) is 115 Å². The molecule has 1 aliphatic carbocycles. The molecule has 2 heteroatoms. The molecule has 1 aliphatic rings. The van der Waals surface area contributed by atoms with Gasteiger partial charge in [0.15, 0.2) is 0 Å². The van der Waals surface area contributed by atoms with E-state index in [1.54, 1.807) is 0 Å². The first-order chi connectivity index (χ1) is 13.2. The maximum atomic E-state index is 3.69. The highest BCUT2D eigenvalue weighted by Gasteiger charge is 2.27. The van der Waals surface area contributed by atoms with Crippen molar-refractivity contribution in [2.24, 2.45) is 17.8 Å². The zero-order valence-electron chi connectivity index (χ0n) is 19.1. The maximum Gasteiger partial charge on any atom is 0.0539 e. The molecule has 0 spiro atoms. The molecule has 2 rings (SSSR count). The smallest absolute Gasteiger partial charge is 0.0539 e. The second-order valence-corrected chi connectivity index (χ2v) is 9.27. The lowest BCUT2D eigenvalue weighted by Crippen LogP contribution is -2.39. The standard InChI is InChI=1S/C26H40N2/c1-17(2)21-11-9-12-22(18(3)4)25(21)27-15-16-28-26-23(19(5)6)13-10-14-24(26)20(7)8/h9-21,25,27-28H,1-8H3/b16-15-. The van der Waals surface area contributed by atoms with E-state index in [0.29, 0.717) is 35.6 Å². The van der Waals surface area contributed by atoms with E-state index in [9.17, 15) is 0 Å². The van der Waals surface area contributed by atoms with Crippen LogP contribution in [0.4, 0.5) is 5.69 Å². The highest BCUT2D eigenvalue weighted by Crippen LogP contribution is 2.33. The van der Waals surface area contributed by atoms with Gasteiger partial charge >= 0.3 is 0 Å². The van der Waals surface area contributed by atoms with Crippen LogP contribution in [0.1, 0.15) is 78.4 Å². The van der Waals surface area contributed by atoms with Gasteiger partial charge in [-0.3, -0.25) is 0 Å². The molecule has 2 atom stereocenters. The quantitative estimate of drug-likeness (QED) is 0.498. The number of hydrogen-bond acceptors (Lipinski definition) is 2. The van der Waals surface area contributed by atoms with Gasteiger partial charge in [0.1, 0.15) is 0 Å². The molecule has 1 aromatic rings. The topological polar surface area (TPSA) is 24.1 Å². The molecule has 0 radical (unpaired) electrons. The number of benzene rings is 1. The minimum Gasteiger partial charge on any atom is -0.383 e. The fourth-order valence-electron chi connectivity index (χ4n) is 4.09. The minimum absolute atomic E-state index is 0.355. The average molecular weight is 381 g/mol. The molecule has 0 bridgehead atoms. The first-order valence-corrected chi connectivity index (χ1v) is 10.9. The van der Waals surface area contributed by atoms with Gasteiger partial charge in [0.05, 0.1) is 6.04 Å². The van der Waals surface area contributed by atoms with E-state index < -0.39 is 0 Å².